The number of piperazine rings is 1. The molecule has 0 aromatic heterocycles. The van der Waals surface area contributed by atoms with Crippen LogP contribution in [-0.2, 0) is 14.3 Å². The van der Waals surface area contributed by atoms with E-state index in [1.54, 1.807) is 17.9 Å². The molecular weight excluding hydrogens is 322 g/mol. The molecule has 0 saturated carbocycles. The zero-order chi connectivity index (χ0) is 18.0. The van der Waals surface area contributed by atoms with E-state index in [0.717, 1.165) is 5.56 Å². The van der Waals surface area contributed by atoms with Gasteiger partial charge in [0.05, 0.1) is 24.8 Å². The molecule has 1 aromatic rings. The summed E-state index contributed by atoms with van der Waals surface area (Å²) in [5, 5.41) is 0. The highest BCUT2D eigenvalue weighted by atomic mass is 16.6. The largest absolute Gasteiger partial charge is 0.450 e. The molecular formula is C18H23N3O4. The van der Waals surface area contributed by atoms with Gasteiger partial charge in [-0.15, -0.1) is 0 Å². The molecule has 2 heterocycles. The quantitative estimate of drug-likeness (QED) is 0.775. The molecule has 0 aliphatic carbocycles. The minimum absolute atomic E-state index is 0.173. The van der Waals surface area contributed by atoms with Crippen molar-refractivity contribution in [2.45, 2.75) is 26.3 Å². The van der Waals surface area contributed by atoms with Crippen LogP contribution in [0.15, 0.2) is 24.3 Å². The molecule has 0 unspecified atom stereocenters. The monoisotopic (exact) mass is 345 g/mol. The fourth-order valence-corrected chi connectivity index (χ4v) is 3.37. The molecule has 1 aromatic carbocycles. The average Bonchev–Trinajstić information content (AvgIpc) is 2.90. The standard InChI is InChI=1S/C18H23N3O4/c1-3-25-18(24)20-9-7-19(8-10-20)15-12-16(22)21(17(15)23)14-6-4-5-13(2)11-14/h4-6,11,15H,3,7-10,12H2,1-2H3/t15-/m0/s1. The zero-order valence-corrected chi connectivity index (χ0v) is 14.6. The van der Waals surface area contributed by atoms with Crippen molar-refractivity contribution in [1.29, 1.82) is 0 Å². The molecule has 7 heteroatoms. The van der Waals surface area contributed by atoms with Crippen molar-refractivity contribution in [3.8, 4) is 0 Å². The van der Waals surface area contributed by atoms with Crippen molar-refractivity contribution in [2.75, 3.05) is 37.7 Å². The number of imide groups is 1. The lowest BCUT2D eigenvalue weighted by Gasteiger charge is -2.36. The Hall–Kier alpha value is -2.41. The average molecular weight is 345 g/mol. The van der Waals surface area contributed by atoms with E-state index in [4.69, 9.17) is 4.74 Å². The van der Waals surface area contributed by atoms with Crippen molar-refractivity contribution < 1.29 is 19.1 Å². The van der Waals surface area contributed by atoms with Crippen LogP contribution in [0.4, 0.5) is 10.5 Å². The third kappa shape index (κ3) is 3.51. The summed E-state index contributed by atoms with van der Waals surface area (Å²) < 4.78 is 5.01. The van der Waals surface area contributed by atoms with Crippen LogP contribution in [0.25, 0.3) is 0 Å². The summed E-state index contributed by atoms with van der Waals surface area (Å²) in [7, 11) is 0. The van der Waals surface area contributed by atoms with Crippen LogP contribution >= 0.6 is 0 Å². The van der Waals surface area contributed by atoms with Gasteiger partial charge in [-0.1, -0.05) is 12.1 Å². The van der Waals surface area contributed by atoms with Crippen LogP contribution in [0.3, 0.4) is 0 Å². The minimum atomic E-state index is -0.447. The number of carbonyl (C=O) groups is 3. The van der Waals surface area contributed by atoms with E-state index in [-0.39, 0.29) is 24.3 Å². The van der Waals surface area contributed by atoms with Gasteiger partial charge in [0.25, 0.3) is 5.91 Å². The molecule has 2 fully saturated rings. The van der Waals surface area contributed by atoms with Crippen molar-refractivity contribution in [1.82, 2.24) is 9.80 Å². The first-order chi connectivity index (χ1) is 12.0. The highest BCUT2D eigenvalue weighted by Gasteiger charge is 2.43. The summed E-state index contributed by atoms with van der Waals surface area (Å²) in [5.41, 5.74) is 1.63. The lowest BCUT2D eigenvalue weighted by Crippen LogP contribution is -2.54. The molecule has 0 radical (unpaired) electrons. The van der Waals surface area contributed by atoms with E-state index >= 15 is 0 Å². The second-order valence-corrected chi connectivity index (χ2v) is 6.35. The van der Waals surface area contributed by atoms with Gasteiger partial charge in [-0.05, 0) is 31.5 Å². The van der Waals surface area contributed by atoms with Crippen molar-refractivity contribution in [2.24, 2.45) is 0 Å². The molecule has 3 rings (SSSR count). The first kappa shape index (κ1) is 17.4. The molecule has 2 saturated heterocycles. The van der Waals surface area contributed by atoms with Crippen LogP contribution in [0.1, 0.15) is 18.9 Å². The second-order valence-electron chi connectivity index (χ2n) is 6.35. The van der Waals surface area contributed by atoms with Crippen molar-refractivity contribution in [3.05, 3.63) is 29.8 Å². The first-order valence-corrected chi connectivity index (χ1v) is 8.60. The van der Waals surface area contributed by atoms with E-state index in [1.165, 1.54) is 4.90 Å². The number of benzene rings is 1. The van der Waals surface area contributed by atoms with Gasteiger partial charge < -0.3 is 9.64 Å². The van der Waals surface area contributed by atoms with Gasteiger partial charge in [0.1, 0.15) is 0 Å². The lowest BCUT2D eigenvalue weighted by atomic mass is 10.1. The number of hydrogen-bond acceptors (Lipinski definition) is 5. The molecule has 0 N–H and O–H groups in total. The Morgan fingerprint density at radius 3 is 2.56 bits per heavy atom. The highest BCUT2D eigenvalue weighted by molar-refractivity contribution is 6.22. The minimum Gasteiger partial charge on any atom is -0.450 e. The number of nitrogens with zero attached hydrogens (tertiary/aromatic N) is 3. The number of aryl methyl sites for hydroxylation is 1. The summed E-state index contributed by atoms with van der Waals surface area (Å²) in [4.78, 5) is 41.9. The van der Waals surface area contributed by atoms with Crippen LogP contribution in [-0.4, -0.2) is 66.5 Å². The second kappa shape index (κ2) is 7.23. The fraction of sp³-hybridized carbons (Fsp3) is 0.500. The molecule has 2 aliphatic heterocycles. The van der Waals surface area contributed by atoms with Gasteiger partial charge in [-0.2, -0.15) is 0 Å². The lowest BCUT2D eigenvalue weighted by molar-refractivity contribution is -0.123. The molecule has 3 amide bonds. The maximum absolute atomic E-state index is 12.8. The molecule has 7 nitrogen and oxygen atoms in total. The van der Waals surface area contributed by atoms with E-state index in [1.807, 2.05) is 30.0 Å². The SMILES string of the molecule is CCOC(=O)N1CCN([C@H]2CC(=O)N(c3cccc(C)c3)C2=O)CC1. The summed E-state index contributed by atoms with van der Waals surface area (Å²) in [6, 6.07) is 6.95. The van der Waals surface area contributed by atoms with E-state index in [0.29, 0.717) is 38.5 Å². The number of carbonyl (C=O) groups excluding carboxylic acids is 3. The smallest absolute Gasteiger partial charge is 0.409 e. The predicted molar refractivity (Wildman–Crippen MR) is 92.2 cm³/mol. The third-order valence-electron chi connectivity index (χ3n) is 4.66. The molecule has 25 heavy (non-hydrogen) atoms. The van der Waals surface area contributed by atoms with Crippen LogP contribution < -0.4 is 4.90 Å². The summed E-state index contributed by atoms with van der Waals surface area (Å²) >= 11 is 0. The summed E-state index contributed by atoms with van der Waals surface area (Å²) in [5.74, 6) is -0.353. The number of hydrogen-bond donors (Lipinski definition) is 0. The van der Waals surface area contributed by atoms with E-state index in [2.05, 4.69) is 0 Å². The Labute approximate surface area is 147 Å². The summed E-state index contributed by atoms with van der Waals surface area (Å²) in [6.45, 7) is 6.17. The predicted octanol–water partition coefficient (Wildman–Crippen LogP) is 1.40. The third-order valence-corrected chi connectivity index (χ3v) is 4.66. The normalized spacial score (nSPS) is 21.8. The van der Waals surface area contributed by atoms with Gasteiger partial charge in [-0.25, -0.2) is 9.69 Å². The number of rotatable bonds is 3. The Kier molecular flexibility index (Phi) is 5.03. The van der Waals surface area contributed by atoms with Gasteiger partial charge >= 0.3 is 6.09 Å². The molecule has 0 spiro atoms. The van der Waals surface area contributed by atoms with Gasteiger partial charge in [0.15, 0.2) is 0 Å². The van der Waals surface area contributed by atoms with E-state index < -0.39 is 6.04 Å². The Morgan fingerprint density at radius 1 is 1.20 bits per heavy atom. The summed E-state index contributed by atoms with van der Waals surface area (Å²) in [6.07, 6.45) is -0.135. The number of amides is 3. The van der Waals surface area contributed by atoms with Crippen molar-refractivity contribution >= 4 is 23.6 Å². The highest BCUT2D eigenvalue weighted by Crippen LogP contribution is 2.27. The topological polar surface area (TPSA) is 70.2 Å². The Morgan fingerprint density at radius 2 is 1.92 bits per heavy atom. The van der Waals surface area contributed by atoms with Crippen molar-refractivity contribution in [3.63, 3.8) is 0 Å². The molecule has 134 valence electrons. The van der Waals surface area contributed by atoms with Gasteiger partial charge in [0.2, 0.25) is 5.91 Å². The number of anilines is 1. The van der Waals surface area contributed by atoms with E-state index in [9.17, 15) is 14.4 Å². The Balaban J connectivity index is 1.66. The molecule has 1 atom stereocenters. The zero-order valence-electron chi connectivity index (χ0n) is 14.6. The molecule has 0 bridgehead atoms. The maximum atomic E-state index is 12.8. The van der Waals surface area contributed by atoms with Crippen LogP contribution in [0.5, 0.6) is 0 Å². The van der Waals surface area contributed by atoms with Crippen LogP contribution in [0, 0.1) is 6.92 Å². The van der Waals surface area contributed by atoms with Gasteiger partial charge in [-0.3, -0.25) is 14.5 Å². The molecule has 2 aliphatic rings. The van der Waals surface area contributed by atoms with Crippen LogP contribution in [0.2, 0.25) is 0 Å². The fourth-order valence-electron chi connectivity index (χ4n) is 3.37. The maximum Gasteiger partial charge on any atom is 0.409 e. The number of ether oxygens (including phenoxy) is 1. The van der Waals surface area contributed by atoms with Gasteiger partial charge in [0, 0.05) is 26.2 Å². The first-order valence-electron chi connectivity index (χ1n) is 8.60. The Bertz CT molecular complexity index is 683.